The Hall–Kier alpha value is -3.44. The Morgan fingerprint density at radius 1 is 0.667 bits per heavy atom. The number of halogens is 1. The molecule has 0 saturated carbocycles. The summed E-state index contributed by atoms with van der Waals surface area (Å²) in [5.41, 5.74) is 0.293. The lowest BCUT2D eigenvalue weighted by atomic mass is 10.2. The van der Waals surface area contributed by atoms with Gasteiger partial charge in [0.1, 0.15) is 5.82 Å². The number of hydrogen-bond donors (Lipinski definition) is 3. The second-order valence-electron chi connectivity index (χ2n) is 6.07. The van der Waals surface area contributed by atoms with Gasteiger partial charge in [-0.3, -0.25) is 9.44 Å². The van der Waals surface area contributed by atoms with Crippen LogP contribution in [-0.4, -0.2) is 27.9 Å². The lowest BCUT2D eigenvalue weighted by Crippen LogP contribution is -2.14. The van der Waals surface area contributed by atoms with Gasteiger partial charge in [-0.05, 0) is 72.8 Å². The Morgan fingerprint density at radius 3 is 1.40 bits per heavy atom. The molecule has 3 N–H and O–H groups in total. The van der Waals surface area contributed by atoms with E-state index in [-0.39, 0.29) is 26.7 Å². The van der Waals surface area contributed by atoms with Crippen LogP contribution in [-0.2, 0) is 20.0 Å². The van der Waals surface area contributed by atoms with E-state index in [2.05, 4.69) is 9.44 Å². The second kappa shape index (κ2) is 8.13. The predicted octanol–water partition coefficient (Wildman–Crippen LogP) is 3.13. The molecule has 0 aromatic heterocycles. The Balaban J connectivity index is 1.73. The summed E-state index contributed by atoms with van der Waals surface area (Å²) in [6, 6.07) is 14.4. The molecule has 0 atom stereocenters. The number of aromatic carboxylic acids is 1. The molecule has 0 aliphatic heterocycles. The molecule has 11 heteroatoms. The van der Waals surface area contributed by atoms with E-state index in [1.165, 1.54) is 36.4 Å². The average molecular weight is 450 g/mol. The highest BCUT2D eigenvalue weighted by Crippen LogP contribution is 2.21. The van der Waals surface area contributed by atoms with Crippen LogP contribution in [0, 0.1) is 5.82 Å². The molecule has 3 rings (SSSR count). The molecular weight excluding hydrogens is 435 g/mol. The van der Waals surface area contributed by atoms with Crippen LogP contribution >= 0.6 is 0 Å². The highest BCUT2D eigenvalue weighted by atomic mass is 32.2. The van der Waals surface area contributed by atoms with Crippen molar-refractivity contribution in [2.24, 2.45) is 0 Å². The summed E-state index contributed by atoms with van der Waals surface area (Å²) >= 11 is 0. The first kappa shape index (κ1) is 21.3. The number of carboxylic acids is 1. The van der Waals surface area contributed by atoms with Crippen molar-refractivity contribution in [1.29, 1.82) is 0 Å². The zero-order valence-corrected chi connectivity index (χ0v) is 16.7. The minimum atomic E-state index is -3.97. The second-order valence-corrected chi connectivity index (χ2v) is 9.44. The van der Waals surface area contributed by atoms with Gasteiger partial charge in [-0.25, -0.2) is 26.0 Å². The number of anilines is 2. The quantitative estimate of drug-likeness (QED) is 0.507. The van der Waals surface area contributed by atoms with Crippen LogP contribution in [0.5, 0.6) is 0 Å². The topological polar surface area (TPSA) is 130 Å². The first-order valence-electron chi connectivity index (χ1n) is 8.31. The van der Waals surface area contributed by atoms with Crippen LogP contribution in [0.4, 0.5) is 15.8 Å². The Kier molecular flexibility index (Phi) is 5.76. The molecule has 30 heavy (non-hydrogen) atoms. The summed E-state index contributed by atoms with van der Waals surface area (Å²) in [5, 5.41) is 8.87. The summed E-state index contributed by atoms with van der Waals surface area (Å²) in [5.74, 6) is -1.74. The van der Waals surface area contributed by atoms with E-state index in [9.17, 15) is 26.0 Å². The largest absolute Gasteiger partial charge is 0.478 e. The zero-order chi connectivity index (χ0) is 21.9. The van der Waals surface area contributed by atoms with Gasteiger partial charge >= 0.3 is 5.97 Å². The van der Waals surface area contributed by atoms with Crippen molar-refractivity contribution in [3.63, 3.8) is 0 Å². The Morgan fingerprint density at radius 2 is 1.03 bits per heavy atom. The van der Waals surface area contributed by atoms with E-state index in [1.807, 2.05) is 0 Å². The van der Waals surface area contributed by atoms with Gasteiger partial charge < -0.3 is 5.11 Å². The molecule has 0 amide bonds. The highest BCUT2D eigenvalue weighted by Gasteiger charge is 2.16. The van der Waals surface area contributed by atoms with E-state index in [1.54, 1.807) is 0 Å². The third-order valence-corrected chi connectivity index (χ3v) is 6.72. The number of nitrogens with one attached hydrogen (secondary N) is 2. The van der Waals surface area contributed by atoms with Gasteiger partial charge in [0.25, 0.3) is 20.0 Å². The maximum absolute atomic E-state index is 13.0. The predicted molar refractivity (Wildman–Crippen MR) is 108 cm³/mol. The van der Waals surface area contributed by atoms with Gasteiger partial charge in [0.15, 0.2) is 0 Å². The molecule has 3 aromatic rings. The monoisotopic (exact) mass is 450 g/mol. The van der Waals surface area contributed by atoms with Crippen LogP contribution in [0.1, 0.15) is 10.4 Å². The van der Waals surface area contributed by atoms with Crippen molar-refractivity contribution >= 4 is 37.4 Å². The van der Waals surface area contributed by atoms with Crippen molar-refractivity contribution < 1.29 is 31.1 Å². The third kappa shape index (κ3) is 4.93. The number of benzene rings is 3. The van der Waals surface area contributed by atoms with Gasteiger partial charge in [-0.1, -0.05) is 0 Å². The summed E-state index contributed by atoms with van der Waals surface area (Å²) in [6.45, 7) is 0. The lowest BCUT2D eigenvalue weighted by molar-refractivity contribution is 0.0696. The summed E-state index contributed by atoms with van der Waals surface area (Å²) in [4.78, 5) is 10.6. The fourth-order valence-electron chi connectivity index (χ4n) is 2.42. The maximum atomic E-state index is 13.0. The van der Waals surface area contributed by atoms with Crippen molar-refractivity contribution in [3.05, 3.63) is 84.2 Å². The molecule has 0 fully saturated rings. The van der Waals surface area contributed by atoms with Crippen LogP contribution in [0.15, 0.2) is 82.6 Å². The van der Waals surface area contributed by atoms with Crippen LogP contribution in [0.25, 0.3) is 0 Å². The number of rotatable bonds is 7. The van der Waals surface area contributed by atoms with Crippen molar-refractivity contribution in [2.75, 3.05) is 9.44 Å². The smallest absolute Gasteiger partial charge is 0.335 e. The Bertz CT molecular complexity index is 1270. The van der Waals surface area contributed by atoms with E-state index >= 15 is 0 Å². The van der Waals surface area contributed by atoms with E-state index in [0.717, 1.165) is 36.4 Å². The average Bonchev–Trinajstić information content (AvgIpc) is 2.69. The number of hydrogen-bond acceptors (Lipinski definition) is 5. The van der Waals surface area contributed by atoms with Gasteiger partial charge in [-0.2, -0.15) is 0 Å². The van der Waals surface area contributed by atoms with E-state index < -0.39 is 31.8 Å². The first-order chi connectivity index (χ1) is 14.1. The highest BCUT2D eigenvalue weighted by molar-refractivity contribution is 7.93. The minimum absolute atomic E-state index is 0.0493. The van der Waals surface area contributed by atoms with Crippen LogP contribution in [0.3, 0.4) is 0 Å². The van der Waals surface area contributed by atoms with Gasteiger partial charge in [0.2, 0.25) is 0 Å². The fourth-order valence-corrected chi connectivity index (χ4v) is 4.54. The molecule has 156 valence electrons. The van der Waals surface area contributed by atoms with Gasteiger partial charge in [0, 0.05) is 11.4 Å². The van der Waals surface area contributed by atoms with E-state index in [0.29, 0.717) is 0 Å². The summed E-state index contributed by atoms with van der Waals surface area (Å²) < 4.78 is 67.0. The summed E-state index contributed by atoms with van der Waals surface area (Å²) in [6.07, 6.45) is 0. The molecule has 0 radical (unpaired) electrons. The standard InChI is InChI=1S/C19H15FN2O6S2/c20-14-3-11-18(12-4-14)30(27,28)22-16-7-5-15(6-8-16)21-29(25,26)17-9-1-13(2-10-17)19(23)24/h1-12,21-22H,(H,23,24). The molecule has 0 spiro atoms. The summed E-state index contributed by atoms with van der Waals surface area (Å²) in [7, 11) is -7.90. The van der Waals surface area contributed by atoms with Gasteiger partial charge in [-0.15, -0.1) is 0 Å². The lowest BCUT2D eigenvalue weighted by Gasteiger charge is -2.11. The molecule has 0 saturated heterocycles. The number of sulfonamides is 2. The SMILES string of the molecule is O=C(O)c1ccc(S(=O)(=O)Nc2ccc(NS(=O)(=O)c3ccc(F)cc3)cc2)cc1. The van der Waals surface area contributed by atoms with Crippen molar-refractivity contribution in [2.45, 2.75) is 9.79 Å². The van der Waals surface area contributed by atoms with Crippen LogP contribution < -0.4 is 9.44 Å². The Labute approximate surface area is 172 Å². The maximum Gasteiger partial charge on any atom is 0.335 e. The molecular formula is C19H15FN2O6S2. The number of carbonyl (C=O) groups is 1. The molecule has 0 unspecified atom stereocenters. The first-order valence-corrected chi connectivity index (χ1v) is 11.3. The zero-order valence-electron chi connectivity index (χ0n) is 15.1. The molecule has 0 bridgehead atoms. The molecule has 8 nitrogen and oxygen atoms in total. The minimum Gasteiger partial charge on any atom is -0.478 e. The molecule has 0 heterocycles. The normalized spacial score (nSPS) is 11.6. The number of carboxylic acid groups (broad SMARTS) is 1. The third-order valence-electron chi connectivity index (χ3n) is 3.92. The van der Waals surface area contributed by atoms with Crippen molar-refractivity contribution in [3.8, 4) is 0 Å². The molecule has 0 aliphatic rings. The molecule has 0 aliphatic carbocycles. The fraction of sp³-hybridized carbons (Fsp3) is 0. The van der Waals surface area contributed by atoms with Gasteiger partial charge in [0.05, 0.1) is 15.4 Å². The van der Waals surface area contributed by atoms with E-state index in [4.69, 9.17) is 5.11 Å². The van der Waals surface area contributed by atoms with Crippen molar-refractivity contribution in [1.82, 2.24) is 0 Å². The van der Waals surface area contributed by atoms with Crippen LogP contribution in [0.2, 0.25) is 0 Å². The molecule has 3 aromatic carbocycles.